The molecular weight excluding hydrogens is 361 g/mol. The molecule has 9 heteroatoms. The molecule has 0 saturated carbocycles. The predicted molar refractivity (Wildman–Crippen MR) is 97.4 cm³/mol. The number of halogens is 3. The lowest BCUT2D eigenvalue weighted by Crippen LogP contribution is -2.32. The third-order valence-electron chi connectivity index (χ3n) is 3.06. The van der Waals surface area contributed by atoms with Gasteiger partial charge in [0.15, 0.2) is 5.15 Å². The van der Waals surface area contributed by atoms with Gasteiger partial charge in [0.05, 0.1) is 18.1 Å². The minimum atomic E-state index is 0. The smallest absolute Gasteiger partial charge is 0.228 e. The summed E-state index contributed by atoms with van der Waals surface area (Å²) in [7, 11) is 1.82. The molecule has 2 aromatic heterocycles. The van der Waals surface area contributed by atoms with E-state index in [0.29, 0.717) is 30.4 Å². The molecule has 0 saturated heterocycles. The average molecular weight is 381 g/mol. The first kappa shape index (κ1) is 21.7. The first-order valence-electron chi connectivity index (χ1n) is 6.78. The molecule has 0 aliphatic rings. The van der Waals surface area contributed by atoms with Crippen molar-refractivity contribution in [2.45, 2.75) is 13.3 Å². The first-order valence-corrected chi connectivity index (χ1v) is 7.15. The molecule has 2 rings (SSSR count). The van der Waals surface area contributed by atoms with Crippen molar-refractivity contribution in [3.8, 4) is 5.69 Å². The number of pyridine rings is 1. The fourth-order valence-corrected chi connectivity index (χ4v) is 2.23. The van der Waals surface area contributed by atoms with Gasteiger partial charge in [0.1, 0.15) is 5.69 Å². The van der Waals surface area contributed by atoms with Gasteiger partial charge in [-0.25, -0.2) is 4.68 Å². The second-order valence-electron chi connectivity index (χ2n) is 4.45. The number of amides is 1. The van der Waals surface area contributed by atoms with Crippen LogP contribution in [0.15, 0.2) is 30.7 Å². The van der Waals surface area contributed by atoms with Crippen molar-refractivity contribution < 1.29 is 4.79 Å². The van der Waals surface area contributed by atoms with Crippen LogP contribution in [-0.4, -0.2) is 40.8 Å². The maximum atomic E-state index is 12.2. The molecule has 0 fully saturated rings. The Bertz CT molecular complexity index is 606. The Labute approximate surface area is 153 Å². The minimum Gasteiger partial charge on any atom is -0.319 e. The lowest BCUT2D eigenvalue weighted by molar-refractivity contribution is -0.118. The molecule has 2 heterocycles. The van der Waals surface area contributed by atoms with Gasteiger partial charge in [-0.15, -0.1) is 24.8 Å². The van der Waals surface area contributed by atoms with Crippen molar-refractivity contribution in [3.63, 3.8) is 0 Å². The van der Waals surface area contributed by atoms with Gasteiger partial charge < -0.3 is 10.2 Å². The summed E-state index contributed by atoms with van der Waals surface area (Å²) in [4.78, 5) is 17.9. The lowest BCUT2D eigenvalue weighted by Gasteiger charge is -2.19. The zero-order chi connectivity index (χ0) is 15.2. The SMILES string of the molecule is CCN(C(=O)CCNC)c1cn(-c2cccnc2)nc1Cl.Cl.Cl. The number of nitrogens with one attached hydrogen (secondary N) is 1. The molecule has 2 aromatic rings. The van der Waals surface area contributed by atoms with Gasteiger partial charge in [-0.1, -0.05) is 11.6 Å². The van der Waals surface area contributed by atoms with E-state index >= 15 is 0 Å². The summed E-state index contributed by atoms with van der Waals surface area (Å²) in [6.07, 6.45) is 5.54. The van der Waals surface area contributed by atoms with Crippen LogP contribution in [0.5, 0.6) is 0 Å². The molecule has 23 heavy (non-hydrogen) atoms. The van der Waals surface area contributed by atoms with Crippen LogP contribution in [0, 0.1) is 0 Å². The summed E-state index contributed by atoms with van der Waals surface area (Å²) >= 11 is 6.18. The van der Waals surface area contributed by atoms with E-state index in [2.05, 4.69) is 15.4 Å². The Hall–Kier alpha value is -1.34. The van der Waals surface area contributed by atoms with Crippen molar-refractivity contribution in [2.24, 2.45) is 0 Å². The fourth-order valence-electron chi connectivity index (χ4n) is 1.99. The Morgan fingerprint density at radius 1 is 1.43 bits per heavy atom. The van der Waals surface area contributed by atoms with Crippen LogP contribution in [0.4, 0.5) is 5.69 Å². The van der Waals surface area contributed by atoms with Crippen LogP contribution in [0.1, 0.15) is 13.3 Å². The number of hydrogen-bond acceptors (Lipinski definition) is 4. The molecule has 0 spiro atoms. The van der Waals surface area contributed by atoms with Gasteiger partial charge >= 0.3 is 0 Å². The molecule has 1 N–H and O–H groups in total. The van der Waals surface area contributed by atoms with Crippen LogP contribution in [0.2, 0.25) is 5.15 Å². The maximum Gasteiger partial charge on any atom is 0.228 e. The van der Waals surface area contributed by atoms with Crippen molar-refractivity contribution in [2.75, 3.05) is 25.0 Å². The Kier molecular flexibility index (Phi) is 9.83. The van der Waals surface area contributed by atoms with Crippen molar-refractivity contribution >= 4 is 48.0 Å². The summed E-state index contributed by atoms with van der Waals surface area (Å²) in [5.41, 5.74) is 1.41. The van der Waals surface area contributed by atoms with E-state index in [4.69, 9.17) is 11.6 Å². The van der Waals surface area contributed by atoms with Crippen molar-refractivity contribution in [1.82, 2.24) is 20.1 Å². The summed E-state index contributed by atoms with van der Waals surface area (Å²) in [5.74, 6) is 0.0134. The molecule has 0 bridgehead atoms. The zero-order valence-corrected chi connectivity index (χ0v) is 15.3. The highest BCUT2D eigenvalue weighted by atomic mass is 35.5. The van der Waals surface area contributed by atoms with Crippen LogP contribution < -0.4 is 10.2 Å². The van der Waals surface area contributed by atoms with E-state index in [1.54, 1.807) is 28.2 Å². The maximum absolute atomic E-state index is 12.2. The van der Waals surface area contributed by atoms with Crippen molar-refractivity contribution in [1.29, 1.82) is 0 Å². The molecule has 1 amide bonds. The van der Waals surface area contributed by atoms with Crippen LogP contribution in [-0.2, 0) is 4.79 Å². The number of aromatic nitrogens is 3. The quantitative estimate of drug-likeness (QED) is 0.837. The fraction of sp³-hybridized carbons (Fsp3) is 0.357. The van der Waals surface area contributed by atoms with Gasteiger partial charge in [0.25, 0.3) is 0 Å². The zero-order valence-electron chi connectivity index (χ0n) is 12.9. The standard InChI is InChI=1S/C14H18ClN5O.2ClH/c1-3-19(13(21)6-8-16-2)12-10-20(18-14(12)15)11-5-4-7-17-9-11;;/h4-5,7,9-10,16H,3,6,8H2,1-2H3;2*1H. The van der Waals surface area contributed by atoms with Gasteiger partial charge in [-0.2, -0.15) is 5.10 Å². The topological polar surface area (TPSA) is 63.1 Å². The summed E-state index contributed by atoms with van der Waals surface area (Å²) in [5, 5.41) is 7.51. The van der Waals surface area contributed by atoms with E-state index in [1.165, 1.54) is 0 Å². The normalized spacial score (nSPS) is 9.70. The van der Waals surface area contributed by atoms with E-state index < -0.39 is 0 Å². The Balaban J connectivity index is 0.00000242. The molecule has 0 radical (unpaired) electrons. The third-order valence-corrected chi connectivity index (χ3v) is 3.33. The Morgan fingerprint density at radius 2 is 2.17 bits per heavy atom. The predicted octanol–water partition coefficient (Wildman–Crippen LogP) is 2.73. The number of carbonyl (C=O) groups excluding carboxylic acids is 1. The molecular formula is C14H20Cl3N5O. The van der Waals surface area contributed by atoms with Crippen molar-refractivity contribution in [3.05, 3.63) is 35.9 Å². The molecule has 0 unspecified atom stereocenters. The monoisotopic (exact) mass is 379 g/mol. The second-order valence-corrected chi connectivity index (χ2v) is 4.81. The molecule has 6 nitrogen and oxygen atoms in total. The van der Waals surface area contributed by atoms with Gasteiger partial charge in [0.2, 0.25) is 5.91 Å². The summed E-state index contributed by atoms with van der Waals surface area (Å²) in [6, 6.07) is 3.69. The van der Waals surface area contributed by atoms with Gasteiger partial charge in [-0.3, -0.25) is 9.78 Å². The van der Waals surface area contributed by atoms with E-state index in [9.17, 15) is 4.79 Å². The number of carbonyl (C=O) groups is 1. The summed E-state index contributed by atoms with van der Waals surface area (Å²) in [6.45, 7) is 3.08. The highest BCUT2D eigenvalue weighted by Gasteiger charge is 2.19. The Morgan fingerprint density at radius 3 is 2.74 bits per heavy atom. The number of hydrogen-bond donors (Lipinski definition) is 1. The van der Waals surface area contributed by atoms with Crippen LogP contribution >= 0.6 is 36.4 Å². The molecule has 128 valence electrons. The van der Waals surface area contributed by atoms with Crippen LogP contribution in [0.25, 0.3) is 5.69 Å². The molecule has 0 atom stereocenters. The third kappa shape index (κ3) is 5.35. The molecule has 0 aliphatic carbocycles. The lowest BCUT2D eigenvalue weighted by atomic mass is 10.3. The average Bonchev–Trinajstić information content (AvgIpc) is 2.89. The number of anilines is 1. The highest BCUT2D eigenvalue weighted by Crippen LogP contribution is 2.26. The molecule has 0 aliphatic heterocycles. The summed E-state index contributed by atoms with van der Waals surface area (Å²) < 4.78 is 1.62. The minimum absolute atomic E-state index is 0. The number of nitrogens with zero attached hydrogens (tertiary/aromatic N) is 4. The second kappa shape index (κ2) is 10.4. The van der Waals surface area contributed by atoms with E-state index in [1.807, 2.05) is 26.1 Å². The van der Waals surface area contributed by atoms with Gasteiger partial charge in [-0.05, 0) is 26.1 Å². The van der Waals surface area contributed by atoms with E-state index in [0.717, 1.165) is 5.69 Å². The van der Waals surface area contributed by atoms with E-state index in [-0.39, 0.29) is 30.7 Å². The molecule has 0 aromatic carbocycles. The largest absolute Gasteiger partial charge is 0.319 e. The highest BCUT2D eigenvalue weighted by molar-refractivity contribution is 6.32. The van der Waals surface area contributed by atoms with Crippen LogP contribution in [0.3, 0.4) is 0 Å². The first-order chi connectivity index (χ1) is 10.2. The number of rotatable bonds is 6. The van der Waals surface area contributed by atoms with Gasteiger partial charge in [0, 0.05) is 25.7 Å².